The first-order chi connectivity index (χ1) is 29.9. The van der Waals surface area contributed by atoms with E-state index in [0.29, 0.717) is 37.2 Å². The molecular formula is C49H70N6O10. The molecule has 0 bridgehead atoms. The summed E-state index contributed by atoms with van der Waals surface area (Å²) in [6, 6.07) is 14.0. The molecule has 2 aromatic rings. The lowest BCUT2D eigenvalue weighted by Crippen LogP contribution is -2.68. The number of urea groups is 2. The minimum absolute atomic E-state index is 0.0807. The fourth-order valence-corrected chi connectivity index (χ4v) is 11.0. The number of likely N-dealkylation sites (tertiary alicyclic amines) is 2. The van der Waals surface area contributed by atoms with Gasteiger partial charge in [0.2, 0.25) is 0 Å². The van der Waals surface area contributed by atoms with Crippen LogP contribution in [0.2, 0.25) is 0 Å². The molecular weight excluding hydrogens is 833 g/mol. The normalized spacial score (nSPS) is 22.9. The van der Waals surface area contributed by atoms with Crippen LogP contribution in [-0.4, -0.2) is 141 Å². The van der Waals surface area contributed by atoms with E-state index >= 15 is 0 Å². The second-order valence-corrected chi connectivity index (χ2v) is 21.7. The summed E-state index contributed by atoms with van der Waals surface area (Å²) in [7, 11) is 4.07. The van der Waals surface area contributed by atoms with Crippen LogP contribution in [0.3, 0.4) is 0 Å². The van der Waals surface area contributed by atoms with Crippen molar-refractivity contribution in [3.63, 3.8) is 0 Å². The van der Waals surface area contributed by atoms with Crippen molar-refractivity contribution in [3.05, 3.63) is 59.7 Å². The Labute approximate surface area is 384 Å². The Morgan fingerprint density at radius 1 is 0.569 bits per heavy atom. The van der Waals surface area contributed by atoms with Crippen LogP contribution in [-0.2, 0) is 34.1 Å². The number of amides is 6. The lowest BCUT2D eigenvalue weighted by Gasteiger charge is -2.56. The summed E-state index contributed by atoms with van der Waals surface area (Å²) in [4.78, 5) is 85.7. The summed E-state index contributed by atoms with van der Waals surface area (Å²) in [5.41, 5.74) is -2.04. The van der Waals surface area contributed by atoms with Crippen LogP contribution >= 0.6 is 0 Å². The van der Waals surface area contributed by atoms with Crippen LogP contribution in [0.15, 0.2) is 48.5 Å². The zero-order valence-corrected chi connectivity index (χ0v) is 40.8. The summed E-state index contributed by atoms with van der Waals surface area (Å²) in [5, 5.41) is 5.99. The summed E-state index contributed by atoms with van der Waals surface area (Å²) < 4.78 is 23.3. The number of piperidine rings is 2. The number of rotatable bonds is 14. The molecule has 0 aromatic heterocycles. The number of imide groups is 2. The first-order valence-electron chi connectivity index (χ1n) is 22.5. The number of nitrogens with one attached hydrogen (secondary N) is 2. The Balaban J connectivity index is 1.06. The molecule has 2 N–H and O–H groups in total. The topological polar surface area (TPSA) is 176 Å². The summed E-state index contributed by atoms with van der Waals surface area (Å²) in [6.07, 6.45) is -0.0321. The van der Waals surface area contributed by atoms with Gasteiger partial charge >= 0.3 is 24.0 Å². The molecule has 2 unspecified atom stereocenters. The van der Waals surface area contributed by atoms with E-state index < -0.39 is 52.7 Å². The fourth-order valence-electron chi connectivity index (χ4n) is 11.0. The monoisotopic (exact) mass is 903 g/mol. The molecule has 4 saturated heterocycles. The Bertz CT molecular complexity index is 1990. The largest absolute Gasteiger partial charge is 0.490 e. The predicted octanol–water partition coefficient (Wildman–Crippen LogP) is 5.78. The Hall–Kier alpha value is -5.22. The summed E-state index contributed by atoms with van der Waals surface area (Å²) in [6.45, 7) is 22.8. The van der Waals surface area contributed by atoms with Gasteiger partial charge in [0.05, 0.1) is 13.1 Å². The van der Waals surface area contributed by atoms with Gasteiger partial charge < -0.3 is 29.6 Å². The zero-order chi connectivity index (χ0) is 48.3. The first kappa shape index (κ1) is 49.2. The Kier molecular flexibility index (Phi) is 13.0. The molecule has 0 saturated carbocycles. The average molecular weight is 903 g/mol. The maximum Gasteiger partial charge on any atom is 0.325 e. The van der Waals surface area contributed by atoms with Crippen molar-refractivity contribution in [1.82, 2.24) is 30.2 Å². The molecule has 6 amide bonds. The SMILES string of the molecule is CC(=O)OC(COc1ccc(C(C)(C)c2ccc(OCC(CN3C(=O)NC4(CC(C)(C)N(C)C(C)(C)C4)C3=O)OC(C)=O)cc2)cc1)CN1C(=O)NC2(CC(C)(C)N(C)C(C)(C)C2)C1=O. The van der Waals surface area contributed by atoms with Crippen molar-refractivity contribution in [2.45, 2.75) is 160 Å². The average Bonchev–Trinajstić information content (AvgIpc) is 3.53. The smallest absolute Gasteiger partial charge is 0.325 e. The summed E-state index contributed by atoms with van der Waals surface area (Å²) in [5.74, 6) is -0.731. The lowest BCUT2D eigenvalue weighted by molar-refractivity contribution is -0.151. The zero-order valence-electron chi connectivity index (χ0n) is 40.8. The highest BCUT2D eigenvalue weighted by atomic mass is 16.6. The highest BCUT2D eigenvalue weighted by Crippen LogP contribution is 2.46. The van der Waals surface area contributed by atoms with Crippen molar-refractivity contribution >= 4 is 35.8 Å². The first-order valence-corrected chi connectivity index (χ1v) is 22.5. The van der Waals surface area contributed by atoms with Gasteiger partial charge in [-0.25, -0.2) is 9.59 Å². The number of benzene rings is 2. The van der Waals surface area contributed by atoms with Crippen molar-refractivity contribution in [2.24, 2.45) is 0 Å². The highest BCUT2D eigenvalue weighted by molar-refractivity contribution is 6.08. The van der Waals surface area contributed by atoms with Gasteiger partial charge in [0, 0.05) is 41.4 Å². The Morgan fingerprint density at radius 3 is 1.14 bits per heavy atom. The number of esters is 2. The Morgan fingerprint density at radius 2 is 0.862 bits per heavy atom. The van der Waals surface area contributed by atoms with E-state index in [-0.39, 0.29) is 60.3 Å². The number of hydrogen-bond acceptors (Lipinski definition) is 12. The van der Waals surface area contributed by atoms with E-state index in [1.54, 1.807) is 0 Å². The molecule has 4 aliphatic rings. The molecule has 4 heterocycles. The molecule has 0 aliphatic carbocycles. The third-order valence-electron chi connectivity index (χ3n) is 14.5. The van der Waals surface area contributed by atoms with Gasteiger partial charge in [0.15, 0.2) is 12.2 Å². The minimum atomic E-state index is -1.06. The molecule has 2 spiro atoms. The number of carbonyl (C=O) groups excluding carboxylic acids is 6. The van der Waals surface area contributed by atoms with Crippen molar-refractivity contribution in [1.29, 1.82) is 0 Å². The van der Waals surface area contributed by atoms with Crippen LogP contribution in [0.1, 0.15) is 120 Å². The lowest BCUT2D eigenvalue weighted by atomic mass is 9.69. The molecule has 356 valence electrons. The molecule has 4 fully saturated rings. The fraction of sp³-hybridized carbons (Fsp3) is 0.633. The molecule has 0 radical (unpaired) electrons. The van der Waals surface area contributed by atoms with E-state index in [4.69, 9.17) is 18.9 Å². The molecule has 2 aromatic carbocycles. The van der Waals surface area contributed by atoms with Gasteiger partial charge in [-0.2, -0.15) is 0 Å². The van der Waals surface area contributed by atoms with Crippen molar-refractivity contribution in [3.8, 4) is 11.5 Å². The molecule has 16 heteroatoms. The molecule has 6 rings (SSSR count). The van der Waals surface area contributed by atoms with Crippen molar-refractivity contribution in [2.75, 3.05) is 40.4 Å². The van der Waals surface area contributed by atoms with Crippen molar-refractivity contribution < 1.29 is 47.7 Å². The predicted molar refractivity (Wildman–Crippen MR) is 243 cm³/mol. The second-order valence-electron chi connectivity index (χ2n) is 21.7. The van der Waals surface area contributed by atoms with Gasteiger partial charge in [-0.15, -0.1) is 0 Å². The summed E-state index contributed by atoms with van der Waals surface area (Å²) >= 11 is 0. The van der Waals surface area contributed by atoms with Crippen LogP contribution in [0.4, 0.5) is 9.59 Å². The highest BCUT2D eigenvalue weighted by Gasteiger charge is 2.62. The van der Waals surface area contributed by atoms with E-state index in [2.05, 4.69) is 89.7 Å². The standard InChI is InChI=1S/C49H70N6O10/c1-31(56)64-37(23-54-39(58)48(50-41(54)60)27-43(3,4)52(13)44(5,6)28-48)25-62-35-19-15-33(16-20-35)47(11,12)34-17-21-36(22-18-34)63-26-38(65-32(2)57)24-55-40(59)49(51-42(55)61)29-45(7,8)53(14)46(9,10)30-49/h15-22,37-38H,23-30H2,1-14H3,(H,50,60)(H,51,61). The quantitative estimate of drug-likeness (QED) is 0.173. The van der Waals surface area contributed by atoms with E-state index in [1.165, 1.54) is 13.8 Å². The second kappa shape index (κ2) is 17.2. The van der Waals surface area contributed by atoms with E-state index in [1.807, 2.05) is 62.6 Å². The van der Waals surface area contributed by atoms with Crippen LogP contribution in [0.5, 0.6) is 11.5 Å². The minimum Gasteiger partial charge on any atom is -0.490 e. The number of ether oxygens (including phenoxy) is 4. The number of carbonyl (C=O) groups is 6. The van der Waals surface area contributed by atoms with Gasteiger partial charge in [0.1, 0.15) is 35.8 Å². The molecule has 16 nitrogen and oxygen atoms in total. The van der Waals surface area contributed by atoms with Gasteiger partial charge in [-0.05, 0) is 131 Å². The van der Waals surface area contributed by atoms with Gasteiger partial charge in [-0.1, -0.05) is 38.1 Å². The number of nitrogens with zero attached hydrogens (tertiary/aromatic N) is 4. The van der Waals surface area contributed by atoms with Crippen LogP contribution in [0, 0.1) is 0 Å². The van der Waals surface area contributed by atoms with Crippen LogP contribution < -0.4 is 20.1 Å². The molecule has 4 aliphatic heterocycles. The number of hydrogen-bond donors (Lipinski definition) is 2. The van der Waals surface area contributed by atoms with Crippen LogP contribution in [0.25, 0.3) is 0 Å². The molecule has 65 heavy (non-hydrogen) atoms. The maximum atomic E-state index is 14.0. The van der Waals surface area contributed by atoms with Gasteiger partial charge in [0.25, 0.3) is 11.8 Å². The third-order valence-corrected chi connectivity index (χ3v) is 14.5. The molecule has 2 atom stereocenters. The third kappa shape index (κ3) is 9.84. The van der Waals surface area contributed by atoms with E-state index in [9.17, 15) is 28.8 Å². The maximum absolute atomic E-state index is 14.0. The van der Waals surface area contributed by atoms with Gasteiger partial charge in [-0.3, -0.25) is 38.8 Å². The van der Waals surface area contributed by atoms with E-state index in [0.717, 1.165) is 20.9 Å².